The van der Waals surface area contributed by atoms with E-state index in [0.717, 1.165) is 33.9 Å². The molecule has 4 aromatic rings. The van der Waals surface area contributed by atoms with Crippen molar-refractivity contribution in [3.05, 3.63) is 66.7 Å². The largest absolute Gasteiger partial charge is 0.360 e. The van der Waals surface area contributed by atoms with Crippen LogP contribution in [0.25, 0.3) is 28.2 Å². The Morgan fingerprint density at radius 2 is 1.81 bits per heavy atom. The molecule has 0 aliphatic heterocycles. The van der Waals surface area contributed by atoms with Crippen LogP contribution < -0.4 is 0 Å². The van der Waals surface area contributed by atoms with E-state index < -0.39 is 0 Å². The van der Waals surface area contributed by atoms with Gasteiger partial charge in [-0.05, 0) is 19.1 Å². The van der Waals surface area contributed by atoms with Crippen LogP contribution in [0.3, 0.4) is 0 Å². The fraction of sp³-hybridized carbons (Fsp3) is 0.0588. The van der Waals surface area contributed by atoms with Gasteiger partial charge in [0.1, 0.15) is 17.3 Å². The molecule has 0 spiro atoms. The van der Waals surface area contributed by atoms with Crippen molar-refractivity contribution in [1.29, 1.82) is 0 Å². The van der Waals surface area contributed by atoms with Crippen LogP contribution in [-0.4, -0.2) is 14.5 Å². The number of hydrogen-bond donors (Lipinski definition) is 0. The Morgan fingerprint density at radius 1 is 1.00 bits per heavy atom. The first-order valence-corrected chi connectivity index (χ1v) is 6.79. The lowest BCUT2D eigenvalue weighted by Gasteiger charge is -2.02. The average Bonchev–Trinajstić information content (AvgIpc) is 3.11. The normalized spacial score (nSPS) is 11.1. The summed E-state index contributed by atoms with van der Waals surface area (Å²) in [5.74, 6) is 1.62. The lowest BCUT2D eigenvalue weighted by Crippen LogP contribution is -1.91. The molecule has 0 aliphatic rings. The summed E-state index contributed by atoms with van der Waals surface area (Å²) in [6.07, 6.45) is 3.86. The van der Waals surface area contributed by atoms with Crippen molar-refractivity contribution >= 4 is 5.52 Å². The van der Waals surface area contributed by atoms with Gasteiger partial charge in [-0.15, -0.1) is 0 Å². The van der Waals surface area contributed by atoms with Crippen LogP contribution in [0.5, 0.6) is 0 Å². The van der Waals surface area contributed by atoms with E-state index in [-0.39, 0.29) is 0 Å². The molecule has 4 rings (SSSR count). The first-order chi connectivity index (χ1) is 10.3. The van der Waals surface area contributed by atoms with Gasteiger partial charge < -0.3 is 4.52 Å². The first-order valence-electron chi connectivity index (χ1n) is 6.79. The Kier molecular flexibility index (Phi) is 2.60. The van der Waals surface area contributed by atoms with Crippen molar-refractivity contribution in [1.82, 2.24) is 14.5 Å². The predicted molar refractivity (Wildman–Crippen MR) is 80.9 cm³/mol. The Labute approximate surface area is 121 Å². The van der Waals surface area contributed by atoms with Gasteiger partial charge in [0.2, 0.25) is 0 Å². The van der Waals surface area contributed by atoms with E-state index in [1.165, 1.54) is 0 Å². The maximum absolute atomic E-state index is 5.42. The molecule has 0 saturated carbocycles. The van der Waals surface area contributed by atoms with E-state index in [1.54, 1.807) is 0 Å². The molecule has 21 heavy (non-hydrogen) atoms. The summed E-state index contributed by atoms with van der Waals surface area (Å²) in [7, 11) is 0. The van der Waals surface area contributed by atoms with E-state index in [4.69, 9.17) is 4.52 Å². The monoisotopic (exact) mass is 275 g/mol. The van der Waals surface area contributed by atoms with Gasteiger partial charge in [-0.3, -0.25) is 4.40 Å². The standard InChI is InChI=1S/C17H13N3O/c1-12-15(16(19-21-12)13-7-3-2-4-8-13)17-18-11-14-9-5-6-10-20(14)17/h2-11H,1H3. The molecule has 0 unspecified atom stereocenters. The van der Waals surface area contributed by atoms with Crippen LogP contribution in [0.2, 0.25) is 0 Å². The number of aromatic nitrogens is 3. The number of nitrogens with zero attached hydrogens (tertiary/aromatic N) is 3. The zero-order valence-electron chi connectivity index (χ0n) is 11.5. The highest BCUT2D eigenvalue weighted by Gasteiger charge is 2.20. The van der Waals surface area contributed by atoms with Gasteiger partial charge in [0, 0.05) is 11.8 Å². The molecular weight excluding hydrogens is 262 g/mol. The van der Waals surface area contributed by atoms with Gasteiger partial charge in [0.25, 0.3) is 0 Å². The second-order valence-corrected chi connectivity index (χ2v) is 4.91. The minimum absolute atomic E-state index is 0.769. The summed E-state index contributed by atoms with van der Waals surface area (Å²) >= 11 is 0. The minimum Gasteiger partial charge on any atom is -0.360 e. The van der Waals surface area contributed by atoms with Crippen molar-refractivity contribution in [3.63, 3.8) is 0 Å². The van der Waals surface area contributed by atoms with Crippen molar-refractivity contribution in [3.8, 4) is 22.6 Å². The molecule has 0 aliphatic carbocycles. The van der Waals surface area contributed by atoms with E-state index in [0.29, 0.717) is 0 Å². The summed E-state index contributed by atoms with van der Waals surface area (Å²) in [6, 6.07) is 16.0. The molecule has 4 heteroatoms. The van der Waals surface area contributed by atoms with Crippen LogP contribution in [0.15, 0.2) is 65.4 Å². The summed E-state index contributed by atoms with van der Waals surface area (Å²) in [6.45, 7) is 1.92. The summed E-state index contributed by atoms with van der Waals surface area (Å²) < 4.78 is 7.47. The number of fused-ring (bicyclic) bond motifs is 1. The highest BCUT2D eigenvalue weighted by atomic mass is 16.5. The molecule has 0 bridgehead atoms. The maximum Gasteiger partial charge on any atom is 0.150 e. The van der Waals surface area contributed by atoms with E-state index in [1.807, 2.05) is 72.2 Å². The van der Waals surface area contributed by atoms with Crippen LogP contribution in [0.1, 0.15) is 5.76 Å². The summed E-state index contributed by atoms with van der Waals surface area (Å²) in [4.78, 5) is 4.55. The maximum atomic E-state index is 5.42. The molecule has 0 atom stereocenters. The fourth-order valence-corrected chi connectivity index (χ4v) is 2.56. The van der Waals surface area contributed by atoms with Gasteiger partial charge in [0.15, 0.2) is 0 Å². The minimum atomic E-state index is 0.769. The molecule has 3 aromatic heterocycles. The molecule has 0 radical (unpaired) electrons. The zero-order valence-corrected chi connectivity index (χ0v) is 11.5. The topological polar surface area (TPSA) is 43.3 Å². The number of benzene rings is 1. The van der Waals surface area contributed by atoms with Crippen molar-refractivity contribution in [2.45, 2.75) is 6.92 Å². The Bertz CT molecular complexity index is 906. The Morgan fingerprint density at radius 3 is 2.67 bits per heavy atom. The van der Waals surface area contributed by atoms with Gasteiger partial charge in [-0.1, -0.05) is 41.6 Å². The molecule has 4 nitrogen and oxygen atoms in total. The molecule has 1 aromatic carbocycles. The second kappa shape index (κ2) is 4.59. The molecule has 0 amide bonds. The van der Waals surface area contributed by atoms with Gasteiger partial charge in [0.05, 0.1) is 17.3 Å². The lowest BCUT2D eigenvalue weighted by atomic mass is 10.1. The highest BCUT2D eigenvalue weighted by Crippen LogP contribution is 2.33. The van der Waals surface area contributed by atoms with Crippen molar-refractivity contribution in [2.24, 2.45) is 0 Å². The molecule has 102 valence electrons. The van der Waals surface area contributed by atoms with Crippen molar-refractivity contribution < 1.29 is 4.52 Å². The average molecular weight is 275 g/mol. The molecule has 0 N–H and O–H groups in total. The van der Waals surface area contributed by atoms with E-state index in [2.05, 4.69) is 10.1 Å². The zero-order chi connectivity index (χ0) is 14.2. The first kappa shape index (κ1) is 11.9. The Hall–Kier alpha value is -2.88. The predicted octanol–water partition coefficient (Wildman–Crippen LogP) is 3.96. The van der Waals surface area contributed by atoms with Gasteiger partial charge in [-0.25, -0.2) is 4.98 Å². The number of hydrogen-bond acceptors (Lipinski definition) is 3. The van der Waals surface area contributed by atoms with Gasteiger partial charge in [-0.2, -0.15) is 0 Å². The smallest absolute Gasteiger partial charge is 0.150 e. The van der Waals surface area contributed by atoms with Gasteiger partial charge >= 0.3 is 0 Å². The lowest BCUT2D eigenvalue weighted by molar-refractivity contribution is 0.400. The Balaban J connectivity index is 1.99. The third kappa shape index (κ3) is 1.84. The van der Waals surface area contributed by atoms with Crippen molar-refractivity contribution in [2.75, 3.05) is 0 Å². The van der Waals surface area contributed by atoms with Crippen LogP contribution in [0, 0.1) is 6.92 Å². The summed E-state index contributed by atoms with van der Waals surface area (Å²) in [5.41, 5.74) is 3.83. The number of imidazole rings is 1. The number of aryl methyl sites for hydroxylation is 1. The fourth-order valence-electron chi connectivity index (χ4n) is 2.56. The van der Waals surface area contributed by atoms with Crippen LogP contribution in [-0.2, 0) is 0 Å². The van der Waals surface area contributed by atoms with Crippen LogP contribution >= 0.6 is 0 Å². The SMILES string of the molecule is Cc1onc(-c2ccccc2)c1-c1ncc2ccccn12. The van der Waals surface area contributed by atoms with Crippen LogP contribution in [0.4, 0.5) is 0 Å². The molecule has 3 heterocycles. The molecule has 0 saturated heterocycles. The third-order valence-electron chi connectivity index (χ3n) is 3.57. The molecular formula is C17H13N3O. The third-order valence-corrected chi connectivity index (χ3v) is 3.57. The van der Waals surface area contributed by atoms with E-state index >= 15 is 0 Å². The molecule has 0 fully saturated rings. The number of rotatable bonds is 2. The summed E-state index contributed by atoms with van der Waals surface area (Å²) in [5, 5.41) is 4.22. The van der Waals surface area contributed by atoms with E-state index in [9.17, 15) is 0 Å². The highest BCUT2D eigenvalue weighted by molar-refractivity contribution is 5.80. The second-order valence-electron chi connectivity index (χ2n) is 4.91. The number of pyridine rings is 1. The quantitative estimate of drug-likeness (QED) is 0.556.